The first-order valence-electron chi connectivity index (χ1n) is 7.53. The number of hydrogen-bond acceptors (Lipinski definition) is 4. The van der Waals surface area contributed by atoms with E-state index in [1.165, 1.54) is 6.92 Å². The molecule has 1 N–H and O–H groups in total. The summed E-state index contributed by atoms with van der Waals surface area (Å²) in [5.41, 5.74) is 1.16. The second-order valence-electron chi connectivity index (χ2n) is 5.66. The Morgan fingerprint density at radius 2 is 1.92 bits per heavy atom. The molecule has 24 heavy (non-hydrogen) atoms. The summed E-state index contributed by atoms with van der Waals surface area (Å²) in [6, 6.07) is 13.6. The van der Waals surface area contributed by atoms with E-state index >= 15 is 0 Å². The highest BCUT2D eigenvalue weighted by atomic mass is 32.2. The van der Waals surface area contributed by atoms with Gasteiger partial charge in [-0.25, -0.2) is 8.42 Å². The molecule has 0 fully saturated rings. The first-order valence-corrected chi connectivity index (χ1v) is 9.90. The largest absolute Gasteiger partial charge is 0.310 e. The molecule has 1 atom stereocenters. The van der Waals surface area contributed by atoms with Crippen LogP contribution in [-0.4, -0.2) is 26.1 Å². The van der Waals surface area contributed by atoms with Crippen LogP contribution in [0.15, 0.2) is 58.3 Å². The molecule has 1 unspecified atom stereocenters. The molecule has 0 bridgehead atoms. The number of hydrogen-bond donors (Lipinski definition) is 1. The zero-order valence-electron chi connectivity index (χ0n) is 13.4. The molecule has 1 amide bonds. The molecule has 0 aromatic heterocycles. The highest BCUT2D eigenvalue weighted by molar-refractivity contribution is 8.00. The number of nitrogens with one attached hydrogen (secondary N) is 1. The standard InChI is InChI=1S/C17H18N2O3S2/c1-12-11-19(13(2)20)16-10-15(8-9-17(16)23-12)24(21,22)18-14-6-4-3-5-7-14/h3-10,12,18H,11H2,1-2H3. The van der Waals surface area contributed by atoms with Gasteiger partial charge in [0, 0.05) is 29.3 Å². The predicted octanol–water partition coefficient (Wildman–Crippen LogP) is 3.33. The number of carbonyl (C=O) groups excluding carboxylic acids is 1. The van der Waals surface area contributed by atoms with Gasteiger partial charge < -0.3 is 4.90 Å². The molecule has 0 saturated heterocycles. The Balaban J connectivity index is 1.98. The summed E-state index contributed by atoms with van der Waals surface area (Å²) in [6.07, 6.45) is 0. The van der Waals surface area contributed by atoms with Crippen LogP contribution < -0.4 is 9.62 Å². The van der Waals surface area contributed by atoms with E-state index < -0.39 is 10.0 Å². The van der Waals surface area contributed by atoms with Crippen LogP contribution in [0.2, 0.25) is 0 Å². The third-order valence-electron chi connectivity index (χ3n) is 3.71. The van der Waals surface area contributed by atoms with Crippen LogP contribution in [-0.2, 0) is 14.8 Å². The Morgan fingerprint density at radius 3 is 2.58 bits per heavy atom. The minimum atomic E-state index is -3.71. The van der Waals surface area contributed by atoms with Crippen molar-refractivity contribution >= 4 is 39.1 Å². The number of carbonyl (C=O) groups is 1. The van der Waals surface area contributed by atoms with Gasteiger partial charge in [-0.3, -0.25) is 9.52 Å². The van der Waals surface area contributed by atoms with Gasteiger partial charge >= 0.3 is 0 Å². The lowest BCUT2D eigenvalue weighted by molar-refractivity contribution is -0.116. The molecule has 7 heteroatoms. The van der Waals surface area contributed by atoms with E-state index in [0.717, 1.165) is 4.90 Å². The van der Waals surface area contributed by atoms with Gasteiger partial charge in [0.25, 0.3) is 10.0 Å². The Labute approximate surface area is 146 Å². The normalized spacial score (nSPS) is 17.2. The summed E-state index contributed by atoms with van der Waals surface area (Å²) in [4.78, 5) is 14.6. The lowest BCUT2D eigenvalue weighted by atomic mass is 10.2. The van der Waals surface area contributed by atoms with E-state index in [2.05, 4.69) is 4.72 Å². The average Bonchev–Trinajstić information content (AvgIpc) is 2.54. The highest BCUT2D eigenvalue weighted by Gasteiger charge is 2.27. The first kappa shape index (κ1) is 16.9. The van der Waals surface area contributed by atoms with E-state index in [9.17, 15) is 13.2 Å². The molecule has 2 aromatic carbocycles. The maximum absolute atomic E-state index is 12.6. The second kappa shape index (κ2) is 6.49. The Bertz CT molecular complexity index is 867. The Kier molecular flexibility index (Phi) is 4.56. The zero-order valence-corrected chi connectivity index (χ0v) is 15.0. The molecule has 2 aromatic rings. The predicted molar refractivity (Wildman–Crippen MR) is 97.0 cm³/mol. The van der Waals surface area contributed by atoms with Gasteiger partial charge in [0.2, 0.25) is 5.91 Å². The maximum Gasteiger partial charge on any atom is 0.261 e. The summed E-state index contributed by atoms with van der Waals surface area (Å²) >= 11 is 1.65. The number of thioether (sulfide) groups is 1. The molecule has 126 valence electrons. The highest BCUT2D eigenvalue weighted by Crippen LogP contribution is 2.39. The van der Waals surface area contributed by atoms with Gasteiger partial charge in [-0.1, -0.05) is 25.1 Å². The van der Waals surface area contributed by atoms with Crippen LogP contribution in [0.3, 0.4) is 0 Å². The van der Waals surface area contributed by atoms with Crippen LogP contribution >= 0.6 is 11.8 Å². The monoisotopic (exact) mass is 362 g/mol. The van der Waals surface area contributed by atoms with Crippen LogP contribution in [0.1, 0.15) is 13.8 Å². The van der Waals surface area contributed by atoms with Crippen molar-refractivity contribution in [2.24, 2.45) is 0 Å². The fourth-order valence-corrected chi connectivity index (χ4v) is 4.77. The van der Waals surface area contributed by atoms with Crippen LogP contribution in [0.25, 0.3) is 0 Å². The number of sulfonamides is 1. The smallest absolute Gasteiger partial charge is 0.261 e. The molecule has 0 saturated carbocycles. The second-order valence-corrected chi connectivity index (χ2v) is 8.82. The molecule has 1 aliphatic heterocycles. The van der Waals surface area contributed by atoms with Crippen LogP contribution in [0.5, 0.6) is 0 Å². The van der Waals surface area contributed by atoms with Crippen molar-refractivity contribution in [3.05, 3.63) is 48.5 Å². The zero-order chi connectivity index (χ0) is 17.3. The van der Waals surface area contributed by atoms with Crippen molar-refractivity contribution in [3.8, 4) is 0 Å². The number of para-hydroxylation sites is 1. The number of rotatable bonds is 3. The van der Waals surface area contributed by atoms with Gasteiger partial charge in [-0.05, 0) is 30.3 Å². The minimum Gasteiger partial charge on any atom is -0.310 e. The number of benzene rings is 2. The maximum atomic E-state index is 12.6. The molecule has 0 radical (unpaired) electrons. The molecule has 3 rings (SSSR count). The first-order chi connectivity index (χ1) is 11.4. The third-order valence-corrected chi connectivity index (χ3v) is 6.24. The van der Waals surface area contributed by atoms with E-state index in [1.807, 2.05) is 13.0 Å². The van der Waals surface area contributed by atoms with Crippen LogP contribution in [0.4, 0.5) is 11.4 Å². The minimum absolute atomic E-state index is 0.0889. The van der Waals surface area contributed by atoms with Gasteiger partial charge in [0.05, 0.1) is 10.6 Å². The average molecular weight is 362 g/mol. The summed E-state index contributed by atoms with van der Waals surface area (Å²) in [6.45, 7) is 4.11. The topological polar surface area (TPSA) is 66.5 Å². The van der Waals surface area contributed by atoms with Crippen molar-refractivity contribution in [1.82, 2.24) is 0 Å². The van der Waals surface area contributed by atoms with Gasteiger partial charge in [0.1, 0.15) is 0 Å². The van der Waals surface area contributed by atoms with Crippen LogP contribution in [0, 0.1) is 0 Å². The van der Waals surface area contributed by atoms with Crippen molar-refractivity contribution in [1.29, 1.82) is 0 Å². The fraction of sp³-hybridized carbons (Fsp3) is 0.235. The van der Waals surface area contributed by atoms with E-state index in [0.29, 0.717) is 17.9 Å². The molecule has 0 spiro atoms. The Morgan fingerprint density at radius 1 is 1.21 bits per heavy atom. The summed E-state index contributed by atoms with van der Waals surface area (Å²) < 4.78 is 27.8. The third kappa shape index (κ3) is 3.42. The van der Waals surface area contributed by atoms with Gasteiger partial charge in [-0.2, -0.15) is 0 Å². The van der Waals surface area contributed by atoms with E-state index in [-0.39, 0.29) is 16.1 Å². The van der Waals surface area contributed by atoms with Crippen molar-refractivity contribution in [2.75, 3.05) is 16.2 Å². The Hall–Kier alpha value is -1.99. The van der Waals surface area contributed by atoms with Gasteiger partial charge in [0.15, 0.2) is 0 Å². The number of fused-ring (bicyclic) bond motifs is 1. The van der Waals surface area contributed by atoms with E-state index in [4.69, 9.17) is 0 Å². The summed E-state index contributed by atoms with van der Waals surface area (Å²) in [5, 5.41) is 0.270. The van der Waals surface area contributed by atoms with Gasteiger partial charge in [-0.15, -0.1) is 11.8 Å². The number of anilines is 2. The lowest BCUT2D eigenvalue weighted by Crippen LogP contribution is -2.37. The molecular weight excluding hydrogens is 344 g/mol. The molecule has 1 heterocycles. The molecule has 0 aliphatic carbocycles. The van der Waals surface area contributed by atoms with Crippen molar-refractivity contribution in [3.63, 3.8) is 0 Å². The number of amides is 1. The SMILES string of the molecule is CC(=O)N1CC(C)Sc2ccc(S(=O)(=O)Nc3ccccc3)cc21. The van der Waals surface area contributed by atoms with Crippen molar-refractivity contribution < 1.29 is 13.2 Å². The molecule has 1 aliphatic rings. The molecular formula is C17H18N2O3S2. The quantitative estimate of drug-likeness (QED) is 0.909. The fourth-order valence-electron chi connectivity index (χ4n) is 2.60. The van der Waals surface area contributed by atoms with E-state index in [1.54, 1.807) is 59.1 Å². The summed E-state index contributed by atoms with van der Waals surface area (Å²) in [7, 11) is -3.71. The molecule has 5 nitrogen and oxygen atoms in total. The van der Waals surface area contributed by atoms with Crippen molar-refractivity contribution in [2.45, 2.75) is 28.9 Å². The summed E-state index contributed by atoms with van der Waals surface area (Å²) in [5.74, 6) is -0.0889. The lowest BCUT2D eigenvalue weighted by Gasteiger charge is -2.32. The number of nitrogens with zero attached hydrogens (tertiary/aromatic N) is 1.